The second kappa shape index (κ2) is 8.73. The van der Waals surface area contributed by atoms with Crippen molar-refractivity contribution in [3.63, 3.8) is 0 Å². The minimum atomic E-state index is -0.486. The zero-order valence-electron chi connectivity index (χ0n) is 19.1. The molecule has 0 saturated carbocycles. The quantitative estimate of drug-likeness (QED) is 0.402. The second-order valence-corrected chi connectivity index (χ2v) is 9.89. The van der Waals surface area contributed by atoms with Gasteiger partial charge in [-0.3, -0.25) is 9.20 Å². The summed E-state index contributed by atoms with van der Waals surface area (Å²) >= 11 is 6.16. The SMILES string of the molecule is O=Cc1c(F)cccc1N1CCC2CCC1(Cc1c(-c3ccc(Cl)cc3)nc3ncccn13)CN2. The van der Waals surface area contributed by atoms with E-state index in [1.165, 1.54) is 6.07 Å². The third-order valence-corrected chi connectivity index (χ3v) is 7.76. The van der Waals surface area contributed by atoms with Crippen LogP contribution in [0, 0.1) is 5.82 Å². The predicted molar refractivity (Wildman–Crippen MR) is 135 cm³/mol. The Morgan fingerprint density at radius 1 is 1.17 bits per heavy atom. The molecule has 1 N–H and O–H groups in total. The molecule has 2 unspecified atom stereocenters. The van der Waals surface area contributed by atoms with E-state index < -0.39 is 5.82 Å². The lowest BCUT2D eigenvalue weighted by molar-refractivity contribution is 0.112. The number of hydrogen-bond acceptors (Lipinski definition) is 5. The monoisotopic (exact) mass is 489 g/mol. The van der Waals surface area contributed by atoms with E-state index in [2.05, 4.69) is 15.2 Å². The molecule has 2 atom stereocenters. The Balaban J connectivity index is 1.52. The van der Waals surface area contributed by atoms with E-state index in [0.29, 0.717) is 35.2 Å². The molecule has 2 aromatic heterocycles. The van der Waals surface area contributed by atoms with Crippen LogP contribution in [0.2, 0.25) is 5.02 Å². The topological polar surface area (TPSA) is 62.5 Å². The lowest BCUT2D eigenvalue weighted by atomic mass is 9.82. The smallest absolute Gasteiger partial charge is 0.234 e. The van der Waals surface area contributed by atoms with Gasteiger partial charge in [0, 0.05) is 48.5 Å². The Hall–Kier alpha value is -3.29. The van der Waals surface area contributed by atoms with Gasteiger partial charge in [0.2, 0.25) is 5.78 Å². The van der Waals surface area contributed by atoms with Crippen molar-refractivity contribution in [2.24, 2.45) is 0 Å². The first-order chi connectivity index (χ1) is 17.1. The fourth-order valence-electron chi connectivity index (χ4n) is 5.72. The number of aromatic nitrogens is 3. The Kier molecular flexibility index (Phi) is 5.54. The molecule has 3 aliphatic rings. The van der Waals surface area contributed by atoms with Gasteiger partial charge < -0.3 is 10.2 Å². The molecule has 6 nitrogen and oxygen atoms in total. The standard InChI is InChI=1S/C27H25ClFN5O/c28-19-7-5-18(6-8-19)25-24(33-13-2-12-30-26(33)32-25)15-27-11-9-20(31-17-27)10-14-34(27)23-4-1-3-22(29)21(23)16-35/h1-8,12-13,16,20,31H,9-11,14-15,17H2. The van der Waals surface area contributed by atoms with Gasteiger partial charge >= 0.3 is 0 Å². The zero-order valence-corrected chi connectivity index (χ0v) is 19.9. The molecule has 0 radical (unpaired) electrons. The fourth-order valence-corrected chi connectivity index (χ4v) is 5.85. The van der Waals surface area contributed by atoms with Gasteiger partial charge in [0.1, 0.15) is 5.82 Å². The number of carbonyl (C=O) groups excluding carboxylic acids is 1. The van der Waals surface area contributed by atoms with E-state index in [1.807, 2.05) is 47.0 Å². The van der Waals surface area contributed by atoms with E-state index in [0.717, 1.165) is 49.3 Å². The summed E-state index contributed by atoms with van der Waals surface area (Å²) in [5.74, 6) is 0.144. The number of imidazole rings is 1. The van der Waals surface area contributed by atoms with Gasteiger partial charge in [-0.15, -0.1) is 0 Å². The molecule has 2 aromatic carbocycles. The molecule has 4 aromatic rings. The molecule has 2 bridgehead atoms. The van der Waals surface area contributed by atoms with Crippen molar-refractivity contribution in [2.45, 2.75) is 37.3 Å². The summed E-state index contributed by atoms with van der Waals surface area (Å²) in [6.45, 7) is 1.48. The third kappa shape index (κ3) is 3.79. The van der Waals surface area contributed by atoms with Crippen LogP contribution in [0.4, 0.5) is 10.1 Å². The van der Waals surface area contributed by atoms with Crippen molar-refractivity contribution in [2.75, 3.05) is 18.0 Å². The van der Waals surface area contributed by atoms with Gasteiger partial charge in [-0.2, -0.15) is 0 Å². The molecule has 3 saturated heterocycles. The van der Waals surface area contributed by atoms with Crippen LogP contribution in [-0.2, 0) is 6.42 Å². The number of anilines is 1. The number of rotatable bonds is 5. The van der Waals surface area contributed by atoms with Crippen molar-refractivity contribution < 1.29 is 9.18 Å². The van der Waals surface area contributed by atoms with E-state index in [4.69, 9.17) is 16.6 Å². The van der Waals surface area contributed by atoms with E-state index in [9.17, 15) is 9.18 Å². The van der Waals surface area contributed by atoms with Crippen LogP contribution in [0.25, 0.3) is 17.0 Å². The summed E-state index contributed by atoms with van der Waals surface area (Å²) in [7, 11) is 0. The minimum absolute atomic E-state index is 0.120. The maximum atomic E-state index is 14.7. The van der Waals surface area contributed by atoms with Crippen molar-refractivity contribution in [3.05, 3.63) is 83.0 Å². The number of benzene rings is 2. The molecule has 5 heterocycles. The van der Waals surface area contributed by atoms with Gasteiger partial charge in [-0.05, 0) is 49.6 Å². The van der Waals surface area contributed by atoms with Gasteiger partial charge in [0.05, 0.1) is 28.2 Å². The largest absolute Gasteiger partial charge is 0.363 e. The molecule has 0 aliphatic carbocycles. The number of hydrogen-bond donors (Lipinski definition) is 1. The van der Waals surface area contributed by atoms with Crippen LogP contribution in [-0.4, -0.2) is 45.3 Å². The van der Waals surface area contributed by atoms with Gasteiger partial charge in [0.15, 0.2) is 6.29 Å². The number of fused-ring (bicyclic) bond motifs is 5. The van der Waals surface area contributed by atoms with E-state index >= 15 is 0 Å². The first-order valence-corrected chi connectivity index (χ1v) is 12.3. The van der Waals surface area contributed by atoms with Gasteiger partial charge in [0.25, 0.3) is 0 Å². The average molecular weight is 490 g/mol. The van der Waals surface area contributed by atoms with Crippen LogP contribution in [0.3, 0.4) is 0 Å². The van der Waals surface area contributed by atoms with E-state index in [-0.39, 0.29) is 11.1 Å². The van der Waals surface area contributed by atoms with Crippen LogP contribution in [0.1, 0.15) is 35.3 Å². The van der Waals surface area contributed by atoms with E-state index in [1.54, 1.807) is 12.3 Å². The van der Waals surface area contributed by atoms with Crippen molar-refractivity contribution in [1.82, 2.24) is 19.7 Å². The number of aldehydes is 1. The minimum Gasteiger partial charge on any atom is -0.363 e. The molecular formula is C27H25ClFN5O. The van der Waals surface area contributed by atoms with Gasteiger partial charge in [-0.1, -0.05) is 29.8 Å². The number of piperidine rings is 1. The summed E-state index contributed by atoms with van der Waals surface area (Å²) in [6.07, 6.45) is 7.91. The average Bonchev–Trinajstić information content (AvgIpc) is 3.02. The molecule has 178 valence electrons. The molecule has 35 heavy (non-hydrogen) atoms. The summed E-state index contributed by atoms with van der Waals surface area (Å²) in [5, 5.41) is 4.38. The fraction of sp³-hybridized carbons (Fsp3) is 0.296. The van der Waals surface area contributed by atoms with Crippen molar-refractivity contribution in [1.29, 1.82) is 0 Å². The number of carbonyl (C=O) groups is 1. The number of halogens is 2. The number of nitrogens with one attached hydrogen (secondary N) is 1. The normalized spacial score (nSPS) is 21.9. The highest BCUT2D eigenvalue weighted by molar-refractivity contribution is 6.30. The van der Waals surface area contributed by atoms with Gasteiger partial charge in [-0.25, -0.2) is 14.4 Å². The highest BCUT2D eigenvalue weighted by Gasteiger charge is 2.45. The molecule has 0 amide bonds. The lowest BCUT2D eigenvalue weighted by Gasteiger charge is -2.46. The molecule has 0 spiro atoms. The molecule has 7 rings (SSSR count). The summed E-state index contributed by atoms with van der Waals surface area (Å²) < 4.78 is 16.7. The Morgan fingerprint density at radius 2 is 2.03 bits per heavy atom. The maximum absolute atomic E-state index is 14.7. The van der Waals surface area contributed by atoms with Crippen LogP contribution in [0.5, 0.6) is 0 Å². The summed E-state index contributed by atoms with van der Waals surface area (Å²) in [5.41, 5.74) is 3.28. The maximum Gasteiger partial charge on any atom is 0.234 e. The highest BCUT2D eigenvalue weighted by atomic mass is 35.5. The lowest BCUT2D eigenvalue weighted by Crippen LogP contribution is -2.58. The van der Waals surface area contributed by atoms with Crippen LogP contribution in [0.15, 0.2) is 60.9 Å². The summed E-state index contributed by atoms with van der Waals surface area (Å²) in [6, 6.07) is 14.9. The van der Waals surface area contributed by atoms with Crippen LogP contribution < -0.4 is 10.2 Å². The Labute approximate surface area is 207 Å². The van der Waals surface area contributed by atoms with Crippen molar-refractivity contribution >= 4 is 29.4 Å². The molecule has 3 aliphatic heterocycles. The van der Waals surface area contributed by atoms with Crippen LogP contribution >= 0.6 is 11.6 Å². The molecule has 3 fully saturated rings. The zero-order chi connectivity index (χ0) is 24.0. The first kappa shape index (κ1) is 22.2. The predicted octanol–water partition coefficient (Wildman–Crippen LogP) is 4.94. The molecule has 8 heteroatoms. The summed E-state index contributed by atoms with van der Waals surface area (Å²) in [4.78, 5) is 23.6. The number of nitrogens with zero attached hydrogens (tertiary/aromatic N) is 4. The molecular weight excluding hydrogens is 465 g/mol. The third-order valence-electron chi connectivity index (χ3n) is 7.51. The first-order valence-electron chi connectivity index (χ1n) is 11.9. The highest BCUT2D eigenvalue weighted by Crippen LogP contribution is 2.41. The second-order valence-electron chi connectivity index (χ2n) is 9.45. The Morgan fingerprint density at radius 3 is 2.80 bits per heavy atom. The van der Waals surface area contributed by atoms with Crippen molar-refractivity contribution in [3.8, 4) is 11.3 Å². The Bertz CT molecular complexity index is 1390.